The normalized spacial score (nSPS) is 31.9. The average Bonchev–Trinajstić information content (AvgIpc) is 3.23. The first kappa shape index (κ1) is 17.3. The van der Waals surface area contributed by atoms with E-state index in [9.17, 15) is 0 Å². The predicted octanol–water partition coefficient (Wildman–Crippen LogP) is 7.31. The van der Waals surface area contributed by atoms with Gasteiger partial charge in [-0.1, -0.05) is 76.2 Å². The van der Waals surface area contributed by atoms with Gasteiger partial charge in [-0.2, -0.15) is 0 Å². The Morgan fingerprint density at radius 2 is 1.65 bits per heavy atom. The molecule has 0 nitrogen and oxygen atoms in total. The summed E-state index contributed by atoms with van der Waals surface area (Å²) < 4.78 is 0. The highest BCUT2D eigenvalue weighted by atomic mass is 14.4. The molecule has 0 saturated heterocycles. The van der Waals surface area contributed by atoms with Crippen molar-refractivity contribution >= 4 is 0 Å². The quantitative estimate of drug-likeness (QED) is 0.462. The van der Waals surface area contributed by atoms with Gasteiger partial charge in [0.15, 0.2) is 0 Å². The predicted molar refractivity (Wildman–Crippen MR) is 101 cm³/mol. The summed E-state index contributed by atoms with van der Waals surface area (Å²) in [4.78, 5) is 0. The van der Waals surface area contributed by atoms with E-state index in [1.807, 2.05) is 0 Å². The molecule has 23 heavy (non-hydrogen) atoms. The molecule has 3 rings (SSSR count). The third-order valence-electron chi connectivity index (χ3n) is 7.51. The molecule has 3 aliphatic rings. The Labute approximate surface area is 144 Å². The summed E-state index contributed by atoms with van der Waals surface area (Å²) in [6.07, 6.45) is 20.9. The molecule has 0 N–H and O–H groups in total. The van der Waals surface area contributed by atoms with Crippen molar-refractivity contribution in [3.05, 3.63) is 23.3 Å². The minimum Gasteiger partial charge on any atom is -0.0659 e. The zero-order valence-electron chi connectivity index (χ0n) is 15.8. The molecule has 0 bridgehead atoms. The van der Waals surface area contributed by atoms with E-state index in [0.717, 1.165) is 29.6 Å². The number of hydrogen-bond donors (Lipinski definition) is 0. The molecule has 2 saturated carbocycles. The van der Waals surface area contributed by atoms with Gasteiger partial charge in [0, 0.05) is 0 Å². The first-order valence-electron chi connectivity index (χ1n) is 10.6. The molecular formula is C23H38. The molecule has 0 aromatic rings. The van der Waals surface area contributed by atoms with E-state index in [-0.39, 0.29) is 0 Å². The highest BCUT2D eigenvalue weighted by Crippen LogP contribution is 2.50. The van der Waals surface area contributed by atoms with Crippen LogP contribution in [0.3, 0.4) is 0 Å². The van der Waals surface area contributed by atoms with Crippen molar-refractivity contribution in [3.63, 3.8) is 0 Å². The lowest BCUT2D eigenvalue weighted by atomic mass is 9.66. The SMILES string of the molecule is CCC(CC)C1=CC=C(CC(CC)C2CCCC3CCCC32)C1. The second-order valence-corrected chi connectivity index (χ2v) is 8.58. The smallest absolute Gasteiger partial charge is 0.00993 e. The van der Waals surface area contributed by atoms with E-state index < -0.39 is 0 Å². The number of fused-ring (bicyclic) bond motifs is 1. The Morgan fingerprint density at radius 1 is 0.913 bits per heavy atom. The highest BCUT2D eigenvalue weighted by Gasteiger charge is 2.39. The summed E-state index contributed by atoms with van der Waals surface area (Å²) in [5.41, 5.74) is 3.47. The van der Waals surface area contributed by atoms with Crippen molar-refractivity contribution in [1.82, 2.24) is 0 Å². The van der Waals surface area contributed by atoms with E-state index in [1.54, 1.807) is 30.4 Å². The molecule has 4 unspecified atom stereocenters. The molecule has 0 amide bonds. The first-order chi connectivity index (χ1) is 11.3. The van der Waals surface area contributed by atoms with Crippen molar-refractivity contribution in [2.75, 3.05) is 0 Å². The molecule has 3 aliphatic carbocycles. The molecular weight excluding hydrogens is 276 g/mol. The van der Waals surface area contributed by atoms with Gasteiger partial charge in [-0.15, -0.1) is 0 Å². The standard InChI is InChI=1S/C23H38/c1-4-18(5-2)21-14-13-17(16-21)15-19(6-3)22-11-7-9-20-10-8-12-23(20)22/h13-14,18-20,22-23H,4-12,15-16H2,1-3H3. The molecule has 0 heteroatoms. The monoisotopic (exact) mass is 314 g/mol. The molecule has 0 aromatic heterocycles. The van der Waals surface area contributed by atoms with Crippen LogP contribution < -0.4 is 0 Å². The summed E-state index contributed by atoms with van der Waals surface area (Å²) in [5.74, 6) is 5.01. The van der Waals surface area contributed by atoms with Gasteiger partial charge >= 0.3 is 0 Å². The Morgan fingerprint density at radius 3 is 2.35 bits per heavy atom. The van der Waals surface area contributed by atoms with Crippen molar-refractivity contribution in [1.29, 1.82) is 0 Å². The summed E-state index contributed by atoms with van der Waals surface area (Å²) in [6, 6.07) is 0. The lowest BCUT2D eigenvalue weighted by Gasteiger charge is -2.39. The van der Waals surface area contributed by atoms with Crippen LogP contribution in [0.4, 0.5) is 0 Å². The van der Waals surface area contributed by atoms with Gasteiger partial charge in [-0.25, -0.2) is 0 Å². The van der Waals surface area contributed by atoms with Gasteiger partial charge in [-0.3, -0.25) is 0 Å². The minimum atomic E-state index is 0.831. The van der Waals surface area contributed by atoms with E-state index in [2.05, 4.69) is 32.9 Å². The van der Waals surface area contributed by atoms with Crippen LogP contribution in [-0.2, 0) is 0 Å². The fraction of sp³-hybridized carbons (Fsp3) is 0.826. The maximum absolute atomic E-state index is 2.49. The lowest BCUT2D eigenvalue weighted by molar-refractivity contribution is 0.119. The van der Waals surface area contributed by atoms with Gasteiger partial charge in [0.1, 0.15) is 0 Å². The topological polar surface area (TPSA) is 0 Å². The fourth-order valence-electron chi connectivity index (χ4n) is 6.18. The molecule has 0 aliphatic heterocycles. The Hall–Kier alpha value is -0.520. The van der Waals surface area contributed by atoms with Gasteiger partial charge in [0.05, 0.1) is 0 Å². The van der Waals surface area contributed by atoms with Crippen molar-refractivity contribution in [2.45, 2.75) is 91.4 Å². The summed E-state index contributed by atoms with van der Waals surface area (Å²) in [5, 5.41) is 0. The zero-order valence-corrected chi connectivity index (χ0v) is 15.8. The zero-order chi connectivity index (χ0) is 16.2. The van der Waals surface area contributed by atoms with Gasteiger partial charge in [-0.05, 0) is 68.1 Å². The maximum Gasteiger partial charge on any atom is -0.00993 e. The highest BCUT2D eigenvalue weighted by molar-refractivity contribution is 5.32. The average molecular weight is 315 g/mol. The second-order valence-electron chi connectivity index (χ2n) is 8.58. The van der Waals surface area contributed by atoms with Crippen LogP contribution in [0, 0.1) is 29.6 Å². The third-order valence-corrected chi connectivity index (χ3v) is 7.51. The fourth-order valence-corrected chi connectivity index (χ4v) is 6.18. The van der Waals surface area contributed by atoms with Gasteiger partial charge in [0.25, 0.3) is 0 Å². The Balaban J connectivity index is 1.58. The van der Waals surface area contributed by atoms with Crippen LogP contribution in [-0.4, -0.2) is 0 Å². The van der Waals surface area contributed by atoms with E-state index in [4.69, 9.17) is 0 Å². The molecule has 0 heterocycles. The molecule has 0 aromatic carbocycles. The summed E-state index contributed by atoms with van der Waals surface area (Å²) in [7, 11) is 0. The summed E-state index contributed by atoms with van der Waals surface area (Å²) in [6.45, 7) is 7.15. The third kappa shape index (κ3) is 3.77. The van der Waals surface area contributed by atoms with Crippen LogP contribution in [0.5, 0.6) is 0 Å². The molecule has 0 spiro atoms. The number of rotatable bonds is 7. The largest absolute Gasteiger partial charge is 0.0659 e. The first-order valence-corrected chi connectivity index (χ1v) is 10.6. The molecule has 130 valence electrons. The van der Waals surface area contributed by atoms with E-state index in [1.165, 1.54) is 51.4 Å². The number of hydrogen-bond acceptors (Lipinski definition) is 0. The van der Waals surface area contributed by atoms with Crippen LogP contribution >= 0.6 is 0 Å². The maximum atomic E-state index is 2.49. The van der Waals surface area contributed by atoms with Crippen molar-refractivity contribution < 1.29 is 0 Å². The Kier molecular flexibility index (Phi) is 6.05. The van der Waals surface area contributed by atoms with Crippen LogP contribution in [0.2, 0.25) is 0 Å². The van der Waals surface area contributed by atoms with Gasteiger partial charge < -0.3 is 0 Å². The van der Waals surface area contributed by atoms with Crippen LogP contribution in [0.25, 0.3) is 0 Å². The van der Waals surface area contributed by atoms with Crippen LogP contribution in [0.1, 0.15) is 91.4 Å². The molecule has 0 radical (unpaired) electrons. The Bertz CT molecular complexity index is 437. The molecule has 4 atom stereocenters. The number of allylic oxidation sites excluding steroid dienone is 4. The summed E-state index contributed by atoms with van der Waals surface area (Å²) >= 11 is 0. The lowest BCUT2D eigenvalue weighted by Crippen LogP contribution is -2.30. The minimum absolute atomic E-state index is 0.831. The molecule has 2 fully saturated rings. The van der Waals surface area contributed by atoms with Crippen molar-refractivity contribution in [2.24, 2.45) is 29.6 Å². The second kappa shape index (κ2) is 8.04. The van der Waals surface area contributed by atoms with Gasteiger partial charge in [0.2, 0.25) is 0 Å². The van der Waals surface area contributed by atoms with Crippen LogP contribution in [0.15, 0.2) is 23.3 Å². The van der Waals surface area contributed by atoms with E-state index >= 15 is 0 Å². The van der Waals surface area contributed by atoms with E-state index in [0.29, 0.717) is 0 Å². The van der Waals surface area contributed by atoms with Crippen molar-refractivity contribution in [3.8, 4) is 0 Å².